The lowest BCUT2D eigenvalue weighted by molar-refractivity contribution is -0.0696. The molecule has 0 amide bonds. The Morgan fingerprint density at radius 1 is 1.00 bits per heavy atom. The Morgan fingerprint density at radius 3 is 2.46 bits per heavy atom. The van der Waals surface area contributed by atoms with E-state index in [1.165, 1.54) is 44.6 Å². The van der Waals surface area contributed by atoms with E-state index < -0.39 is 23.4 Å². The number of ether oxygens (including phenoxy) is 1. The van der Waals surface area contributed by atoms with E-state index in [0.717, 1.165) is 55.8 Å². The number of fused-ring (bicyclic) bond motifs is 1. The lowest BCUT2D eigenvalue weighted by Crippen LogP contribution is -2.34. The van der Waals surface area contributed by atoms with E-state index in [9.17, 15) is 22.0 Å². The number of hydrogen-bond donors (Lipinski definition) is 0. The number of benzene rings is 2. The van der Waals surface area contributed by atoms with E-state index in [4.69, 9.17) is 4.74 Å². The van der Waals surface area contributed by atoms with Crippen molar-refractivity contribution in [2.45, 2.75) is 83.4 Å². The van der Waals surface area contributed by atoms with Crippen LogP contribution in [0.1, 0.15) is 82.3 Å². The van der Waals surface area contributed by atoms with Crippen LogP contribution in [0.3, 0.4) is 0 Å². The standard InChI is InChI=1S/C31H35F5O/c1-2-3-4-5-23-11-15-29(37-20-23)24-12-8-21(9-13-24)6-7-22-10-14-26-25(18-22)19-28(32)27(30(26)33)16-17-31(34,35)36/h6-7,10,14,18-19,21,23-24,29H,2-5,8-9,11-13,15,20H2,1H3/b7-6+. The largest absolute Gasteiger partial charge is 0.458 e. The van der Waals surface area contributed by atoms with Crippen molar-refractivity contribution >= 4 is 16.8 Å². The SMILES string of the molecule is CCCCCC1CCC(C2CCC(/C=C/c3ccc4c(F)c(C#CC(F)(F)F)c(F)cc4c3)CC2)OC1. The highest BCUT2D eigenvalue weighted by Crippen LogP contribution is 2.37. The van der Waals surface area contributed by atoms with Crippen LogP contribution in [0.4, 0.5) is 22.0 Å². The van der Waals surface area contributed by atoms with Gasteiger partial charge in [-0.25, -0.2) is 8.78 Å². The van der Waals surface area contributed by atoms with Gasteiger partial charge in [0, 0.05) is 17.9 Å². The van der Waals surface area contributed by atoms with E-state index >= 15 is 0 Å². The summed E-state index contributed by atoms with van der Waals surface area (Å²) in [4.78, 5) is 0. The second-order valence-corrected chi connectivity index (χ2v) is 10.6. The molecule has 4 rings (SSSR count). The van der Waals surface area contributed by atoms with Crippen LogP contribution < -0.4 is 0 Å². The summed E-state index contributed by atoms with van der Waals surface area (Å²) in [5, 5.41) is 0.339. The van der Waals surface area contributed by atoms with E-state index in [1.54, 1.807) is 18.1 Å². The molecule has 1 aliphatic heterocycles. The van der Waals surface area contributed by atoms with Gasteiger partial charge in [-0.3, -0.25) is 0 Å². The Balaban J connectivity index is 1.32. The Bertz CT molecular complexity index is 1140. The molecular weight excluding hydrogens is 483 g/mol. The first kappa shape index (κ1) is 27.6. The van der Waals surface area contributed by atoms with E-state index in [1.807, 2.05) is 6.08 Å². The first-order chi connectivity index (χ1) is 17.7. The zero-order valence-corrected chi connectivity index (χ0v) is 21.3. The van der Waals surface area contributed by atoms with Crippen molar-refractivity contribution in [3.05, 3.63) is 53.1 Å². The third kappa shape index (κ3) is 7.57. The van der Waals surface area contributed by atoms with Crippen molar-refractivity contribution in [1.29, 1.82) is 0 Å². The van der Waals surface area contributed by atoms with Crippen LogP contribution in [-0.2, 0) is 4.74 Å². The van der Waals surface area contributed by atoms with Crippen LogP contribution >= 0.6 is 0 Å². The molecule has 1 saturated heterocycles. The minimum Gasteiger partial charge on any atom is -0.378 e. The molecule has 0 bridgehead atoms. The van der Waals surface area contributed by atoms with Crippen LogP contribution in [0.2, 0.25) is 0 Å². The summed E-state index contributed by atoms with van der Waals surface area (Å²) in [5.74, 6) is 2.16. The van der Waals surface area contributed by atoms with Gasteiger partial charge in [0.2, 0.25) is 0 Å². The van der Waals surface area contributed by atoms with Crippen LogP contribution in [-0.4, -0.2) is 18.9 Å². The smallest absolute Gasteiger partial charge is 0.378 e. The molecule has 1 aliphatic carbocycles. The summed E-state index contributed by atoms with van der Waals surface area (Å²) in [7, 11) is 0. The fraction of sp³-hybridized carbons (Fsp3) is 0.548. The number of alkyl halides is 3. The molecule has 0 radical (unpaired) electrons. The first-order valence-electron chi connectivity index (χ1n) is 13.5. The van der Waals surface area contributed by atoms with Crippen molar-refractivity contribution < 1.29 is 26.7 Å². The van der Waals surface area contributed by atoms with Crippen LogP contribution in [0.15, 0.2) is 30.3 Å². The highest BCUT2D eigenvalue weighted by Gasteiger charge is 2.31. The highest BCUT2D eigenvalue weighted by atomic mass is 19.4. The minimum absolute atomic E-state index is 0.0469. The van der Waals surface area contributed by atoms with Crippen LogP contribution in [0.25, 0.3) is 16.8 Å². The van der Waals surface area contributed by atoms with Crippen molar-refractivity contribution in [2.75, 3.05) is 6.61 Å². The topological polar surface area (TPSA) is 9.23 Å². The fourth-order valence-corrected chi connectivity index (χ4v) is 5.77. The van der Waals surface area contributed by atoms with Crippen molar-refractivity contribution in [1.82, 2.24) is 0 Å². The van der Waals surface area contributed by atoms with Gasteiger partial charge in [-0.1, -0.05) is 56.4 Å². The average Bonchev–Trinajstić information content (AvgIpc) is 2.87. The monoisotopic (exact) mass is 518 g/mol. The maximum absolute atomic E-state index is 14.7. The predicted molar refractivity (Wildman–Crippen MR) is 138 cm³/mol. The van der Waals surface area contributed by atoms with E-state index in [0.29, 0.717) is 23.3 Å². The van der Waals surface area contributed by atoms with Gasteiger partial charge in [0.05, 0.1) is 11.7 Å². The van der Waals surface area contributed by atoms with Gasteiger partial charge in [-0.15, -0.1) is 0 Å². The molecule has 2 unspecified atom stereocenters. The van der Waals surface area contributed by atoms with Gasteiger partial charge < -0.3 is 4.74 Å². The van der Waals surface area contributed by atoms with Gasteiger partial charge in [0.1, 0.15) is 11.6 Å². The fourth-order valence-electron chi connectivity index (χ4n) is 5.77. The summed E-state index contributed by atoms with van der Waals surface area (Å²) in [5.41, 5.74) is -0.0638. The zero-order valence-electron chi connectivity index (χ0n) is 21.3. The molecule has 37 heavy (non-hydrogen) atoms. The van der Waals surface area contributed by atoms with Crippen molar-refractivity contribution in [2.24, 2.45) is 17.8 Å². The molecule has 2 fully saturated rings. The maximum Gasteiger partial charge on any atom is 0.458 e. The minimum atomic E-state index is -4.82. The summed E-state index contributed by atoms with van der Waals surface area (Å²) in [6.45, 7) is 3.15. The number of hydrogen-bond acceptors (Lipinski definition) is 1. The molecule has 2 atom stereocenters. The number of rotatable bonds is 7. The number of allylic oxidation sites excluding steroid dienone is 1. The first-order valence-corrected chi connectivity index (χ1v) is 13.5. The lowest BCUT2D eigenvalue weighted by Gasteiger charge is -2.37. The lowest BCUT2D eigenvalue weighted by atomic mass is 9.77. The number of halogens is 5. The highest BCUT2D eigenvalue weighted by molar-refractivity contribution is 5.87. The Morgan fingerprint density at radius 2 is 1.78 bits per heavy atom. The maximum atomic E-state index is 14.7. The third-order valence-electron chi connectivity index (χ3n) is 7.91. The molecule has 2 aromatic rings. The third-order valence-corrected chi connectivity index (χ3v) is 7.91. The van der Waals surface area contributed by atoms with Gasteiger partial charge in [-0.2, -0.15) is 13.2 Å². The second kappa shape index (κ2) is 12.4. The van der Waals surface area contributed by atoms with Crippen LogP contribution in [0.5, 0.6) is 0 Å². The quantitative estimate of drug-likeness (QED) is 0.202. The zero-order chi connectivity index (χ0) is 26.4. The van der Waals surface area contributed by atoms with Crippen LogP contribution in [0, 0.1) is 41.2 Å². The molecule has 200 valence electrons. The van der Waals surface area contributed by atoms with Gasteiger partial charge in [0.15, 0.2) is 0 Å². The summed E-state index contributed by atoms with van der Waals surface area (Å²) in [6, 6.07) is 5.85. The molecule has 2 aromatic carbocycles. The molecule has 1 heterocycles. The normalized spacial score (nSPS) is 24.8. The molecule has 2 aliphatic rings. The molecule has 0 spiro atoms. The summed E-state index contributed by atoms with van der Waals surface area (Å²) >= 11 is 0. The van der Waals surface area contributed by atoms with Gasteiger partial charge >= 0.3 is 6.18 Å². The average molecular weight is 519 g/mol. The number of unbranched alkanes of at least 4 members (excludes halogenated alkanes) is 2. The molecule has 0 aromatic heterocycles. The Hall–Kier alpha value is -2.39. The predicted octanol–water partition coefficient (Wildman–Crippen LogP) is 9.23. The molecule has 6 heteroatoms. The molecule has 1 nitrogen and oxygen atoms in total. The van der Waals surface area contributed by atoms with Gasteiger partial charge in [0.25, 0.3) is 0 Å². The second-order valence-electron chi connectivity index (χ2n) is 10.6. The Labute approximate surface area is 216 Å². The van der Waals surface area contributed by atoms with E-state index in [2.05, 4.69) is 13.0 Å². The summed E-state index contributed by atoms with van der Waals surface area (Å²) < 4.78 is 72.3. The van der Waals surface area contributed by atoms with E-state index in [-0.39, 0.29) is 5.39 Å². The van der Waals surface area contributed by atoms with Crippen molar-refractivity contribution in [3.63, 3.8) is 0 Å². The van der Waals surface area contributed by atoms with Crippen molar-refractivity contribution in [3.8, 4) is 11.8 Å². The summed E-state index contributed by atoms with van der Waals surface area (Å²) in [6.07, 6.45) is 11.8. The molecule has 0 N–H and O–H groups in total. The molecule has 1 saturated carbocycles. The molecular formula is C31H35F5O. The Kier molecular flexibility index (Phi) is 9.29. The van der Waals surface area contributed by atoms with Gasteiger partial charge in [-0.05, 0) is 85.8 Å².